The summed E-state index contributed by atoms with van der Waals surface area (Å²) in [6.45, 7) is 18.3. The number of hydrogen-bond donors (Lipinski definition) is 0. The molecule has 7 aromatic rings. The summed E-state index contributed by atoms with van der Waals surface area (Å²) in [6.07, 6.45) is 10.0. The zero-order valence-corrected chi connectivity index (χ0v) is 35.6. The minimum absolute atomic E-state index is 0. The monoisotopic (exact) mass is 796 g/mol. The van der Waals surface area contributed by atoms with Crippen LogP contribution in [0.5, 0.6) is 0 Å². The van der Waals surface area contributed by atoms with Crippen LogP contribution in [0.25, 0.3) is 43.1 Å². The van der Waals surface area contributed by atoms with Crippen LogP contribution in [0.4, 0.5) is 0 Å². The molecule has 52 heavy (non-hydrogen) atoms. The number of rotatable bonds is 2. The molecule has 0 bridgehead atoms. The Hall–Kier alpha value is -3.48. The molecule has 0 nitrogen and oxygen atoms in total. The van der Waals surface area contributed by atoms with Gasteiger partial charge in [0.25, 0.3) is 0 Å². The van der Waals surface area contributed by atoms with Gasteiger partial charge in [0, 0.05) is 0 Å². The Morgan fingerprint density at radius 3 is 1.37 bits per heavy atom. The van der Waals surface area contributed by atoms with Crippen LogP contribution in [0.3, 0.4) is 0 Å². The Labute approximate surface area is 338 Å². The molecule has 8 rings (SSSR count). The van der Waals surface area contributed by atoms with Crippen molar-refractivity contribution in [1.82, 2.24) is 0 Å². The molecule has 3 heteroatoms. The SMILES string of the molecule is Cc1cc2[cH-]c3cc(C)c(C(C)(C)C)cc3c2cc1C(C)(C)C.[C-]1=CC=CC1.[Cl-].[Cl-].[Zr+2]=[C](c1cccc2ccccc12)c1cccc2ccccc12. The molecular weight excluding hydrogens is 751 g/mol. The number of fused-ring (bicyclic) bond motifs is 5. The van der Waals surface area contributed by atoms with E-state index in [0.717, 1.165) is 6.42 Å². The van der Waals surface area contributed by atoms with Gasteiger partial charge in [-0.25, -0.2) is 12.2 Å². The summed E-state index contributed by atoms with van der Waals surface area (Å²) in [4.78, 5) is 0. The molecule has 0 saturated carbocycles. The van der Waals surface area contributed by atoms with Crippen molar-refractivity contribution in [3.63, 3.8) is 0 Å². The fourth-order valence-electron chi connectivity index (χ4n) is 7.32. The van der Waals surface area contributed by atoms with E-state index in [1.54, 1.807) is 0 Å². The van der Waals surface area contributed by atoms with E-state index in [0.29, 0.717) is 0 Å². The molecule has 0 atom stereocenters. The summed E-state index contributed by atoms with van der Waals surface area (Å²) in [6, 6.07) is 42.4. The molecule has 0 spiro atoms. The van der Waals surface area contributed by atoms with Gasteiger partial charge in [-0.15, -0.1) is 46.2 Å². The van der Waals surface area contributed by atoms with Gasteiger partial charge in [0.15, 0.2) is 0 Å². The second-order valence-electron chi connectivity index (χ2n) is 15.6. The third-order valence-corrected chi connectivity index (χ3v) is 11.0. The van der Waals surface area contributed by atoms with E-state index in [1.807, 2.05) is 12.2 Å². The minimum atomic E-state index is 0. The van der Waals surface area contributed by atoms with Crippen molar-refractivity contribution in [3.05, 3.63) is 173 Å². The summed E-state index contributed by atoms with van der Waals surface area (Å²) in [5.74, 6) is 0. The molecule has 0 aliphatic heterocycles. The van der Waals surface area contributed by atoms with Crippen molar-refractivity contribution in [1.29, 1.82) is 0 Å². The standard InChI is InChI=1S/C23H29.C21H14.C5H5.2ClH.Zr/c1-14-9-16-11-17-10-15(2)21(23(6,7)8)13-19(17)18(16)12-20(14)22(3,4)5;1-3-13-20-16(7-1)9-5-11-18(20)15-19-12-6-10-17-8-2-4-14-21(17)19;1-2-4-5-3-1;;;/h9-13H,1-8H3;1-14H;1-3H,4H2;2*1H;/q-1;;-1;;;+2/p-2. The first-order valence-corrected chi connectivity index (χ1v) is 19.0. The molecule has 1 aliphatic carbocycles. The van der Waals surface area contributed by atoms with Crippen LogP contribution in [0.2, 0.25) is 0 Å². The van der Waals surface area contributed by atoms with E-state index in [-0.39, 0.29) is 35.6 Å². The van der Waals surface area contributed by atoms with Crippen LogP contribution in [0.1, 0.15) is 81.3 Å². The van der Waals surface area contributed by atoms with Crippen LogP contribution < -0.4 is 24.8 Å². The zero-order chi connectivity index (χ0) is 35.6. The van der Waals surface area contributed by atoms with Gasteiger partial charge in [0.2, 0.25) is 0 Å². The Kier molecular flexibility index (Phi) is 13.6. The van der Waals surface area contributed by atoms with Crippen molar-refractivity contribution in [2.45, 2.75) is 72.6 Å². The first-order chi connectivity index (χ1) is 23.8. The molecule has 0 amide bonds. The second-order valence-corrected chi connectivity index (χ2v) is 16.8. The molecule has 264 valence electrons. The van der Waals surface area contributed by atoms with Gasteiger partial charge in [-0.3, -0.25) is 6.08 Å². The van der Waals surface area contributed by atoms with E-state index in [9.17, 15) is 0 Å². The van der Waals surface area contributed by atoms with Crippen LogP contribution in [0.15, 0.2) is 133 Å². The maximum atomic E-state index is 2.99. The Morgan fingerprint density at radius 1 is 0.577 bits per heavy atom. The topological polar surface area (TPSA) is 0 Å². The Morgan fingerprint density at radius 2 is 1.00 bits per heavy atom. The van der Waals surface area contributed by atoms with Gasteiger partial charge in [0.05, 0.1) is 0 Å². The van der Waals surface area contributed by atoms with Crippen molar-refractivity contribution >= 4 is 46.3 Å². The van der Waals surface area contributed by atoms with Crippen molar-refractivity contribution in [2.75, 3.05) is 0 Å². The molecule has 0 aromatic heterocycles. The van der Waals surface area contributed by atoms with E-state index in [2.05, 4.69) is 183 Å². The summed E-state index contributed by atoms with van der Waals surface area (Å²) >= 11 is 1.44. The number of halogens is 2. The van der Waals surface area contributed by atoms with Gasteiger partial charge < -0.3 is 24.8 Å². The summed E-state index contributed by atoms with van der Waals surface area (Å²) in [7, 11) is 0. The fourth-order valence-corrected chi connectivity index (χ4v) is 8.39. The first-order valence-electron chi connectivity index (χ1n) is 17.7. The Bertz CT molecular complexity index is 2230. The van der Waals surface area contributed by atoms with Gasteiger partial charge in [-0.05, 0) is 24.7 Å². The third kappa shape index (κ3) is 9.00. The van der Waals surface area contributed by atoms with Crippen LogP contribution in [-0.2, 0) is 35.1 Å². The molecule has 0 saturated heterocycles. The molecule has 0 fully saturated rings. The van der Waals surface area contributed by atoms with Crippen molar-refractivity contribution in [2.24, 2.45) is 0 Å². The number of benzene rings is 6. The summed E-state index contributed by atoms with van der Waals surface area (Å²) in [5, 5.41) is 10.8. The normalized spacial score (nSPS) is 12.2. The fraction of sp³-hybridized carbons (Fsp3) is 0.224. The molecule has 1 aliphatic rings. The number of aryl methyl sites for hydroxylation is 2. The van der Waals surface area contributed by atoms with Crippen LogP contribution in [-0.4, -0.2) is 3.21 Å². The Balaban J connectivity index is 0.000000198. The molecule has 0 radical (unpaired) electrons. The number of allylic oxidation sites excluding steroid dienone is 4. The van der Waals surface area contributed by atoms with E-state index >= 15 is 0 Å². The zero-order valence-electron chi connectivity index (χ0n) is 31.7. The number of hydrogen-bond acceptors (Lipinski definition) is 0. The molecule has 0 N–H and O–H groups in total. The summed E-state index contributed by atoms with van der Waals surface area (Å²) in [5.41, 5.74) is 8.77. The average Bonchev–Trinajstić information content (AvgIpc) is 3.78. The molecule has 7 aromatic carbocycles. The molecular formula is C49H48Cl2Zr-2. The van der Waals surface area contributed by atoms with Gasteiger partial charge in [-0.1, -0.05) is 75.9 Å². The van der Waals surface area contributed by atoms with E-state index in [1.165, 1.54) is 104 Å². The summed E-state index contributed by atoms with van der Waals surface area (Å²) < 4.78 is 1.42. The van der Waals surface area contributed by atoms with Gasteiger partial charge in [-0.2, -0.15) is 6.08 Å². The average molecular weight is 799 g/mol. The van der Waals surface area contributed by atoms with Crippen molar-refractivity contribution in [3.8, 4) is 0 Å². The van der Waals surface area contributed by atoms with Crippen LogP contribution in [0, 0.1) is 19.9 Å². The van der Waals surface area contributed by atoms with Gasteiger partial charge in [0.1, 0.15) is 0 Å². The second kappa shape index (κ2) is 17.1. The first kappa shape index (κ1) is 41.3. The predicted molar refractivity (Wildman–Crippen MR) is 217 cm³/mol. The van der Waals surface area contributed by atoms with Gasteiger partial charge >= 0.3 is 145 Å². The maximum absolute atomic E-state index is 2.99. The predicted octanol–water partition coefficient (Wildman–Crippen LogP) is 7.35. The third-order valence-electron chi connectivity index (χ3n) is 9.71. The van der Waals surface area contributed by atoms with E-state index in [4.69, 9.17) is 0 Å². The van der Waals surface area contributed by atoms with Crippen molar-refractivity contribution < 1.29 is 49.0 Å². The quantitative estimate of drug-likeness (QED) is 0.161. The van der Waals surface area contributed by atoms with E-state index < -0.39 is 0 Å². The van der Waals surface area contributed by atoms with Crippen LogP contribution >= 0.6 is 0 Å². The molecule has 0 unspecified atom stereocenters. The molecule has 0 heterocycles.